The molecule has 0 N–H and O–H groups in total. The van der Waals surface area contributed by atoms with Crippen LogP contribution in [0.5, 0.6) is 0 Å². The summed E-state index contributed by atoms with van der Waals surface area (Å²) in [5.41, 5.74) is 4.38. The van der Waals surface area contributed by atoms with Gasteiger partial charge in [-0.05, 0) is 51.8 Å². The lowest BCUT2D eigenvalue weighted by atomic mass is 10.1. The highest BCUT2D eigenvalue weighted by atomic mass is 16.5. The highest BCUT2D eigenvalue weighted by Crippen LogP contribution is 2.18. The molecule has 0 unspecified atom stereocenters. The molecule has 0 aliphatic heterocycles. The number of hydrogen-bond donors (Lipinski definition) is 0. The zero-order valence-corrected chi connectivity index (χ0v) is 16.7. The van der Waals surface area contributed by atoms with Crippen molar-refractivity contribution in [2.75, 3.05) is 0 Å². The van der Waals surface area contributed by atoms with Crippen molar-refractivity contribution in [2.45, 2.75) is 67.5 Å². The third kappa shape index (κ3) is 10.4. The molecule has 28 heavy (non-hydrogen) atoms. The van der Waals surface area contributed by atoms with E-state index in [0.29, 0.717) is 24.5 Å². The Bertz CT molecular complexity index is 802. The number of benzene rings is 1. The van der Waals surface area contributed by atoms with Crippen LogP contribution in [0.1, 0.15) is 57.4 Å². The fourth-order valence-electron chi connectivity index (χ4n) is 2.14. The molecule has 0 saturated carbocycles. The number of aromatic nitrogens is 1. The molecule has 0 aliphatic carbocycles. The SMILES string of the molecule is C.CC(C)OCc1cncc(C#N)c1.[C-]#[N+]c1cc(C)cc(COC(C)C)c1. The van der Waals surface area contributed by atoms with E-state index < -0.39 is 0 Å². The molecule has 5 heteroatoms. The zero-order valence-electron chi connectivity index (χ0n) is 16.7. The molecular weight excluding hydrogens is 350 g/mol. The Morgan fingerprint density at radius 1 is 1.00 bits per heavy atom. The van der Waals surface area contributed by atoms with Crippen molar-refractivity contribution in [1.82, 2.24) is 4.98 Å². The minimum Gasteiger partial charge on any atom is -0.374 e. The van der Waals surface area contributed by atoms with Gasteiger partial charge >= 0.3 is 0 Å². The predicted molar refractivity (Wildman–Crippen MR) is 113 cm³/mol. The second-order valence-corrected chi connectivity index (χ2v) is 6.70. The summed E-state index contributed by atoms with van der Waals surface area (Å²) in [5, 5.41) is 8.61. The zero-order chi connectivity index (χ0) is 20.2. The van der Waals surface area contributed by atoms with E-state index in [2.05, 4.69) is 15.9 Å². The number of nitriles is 1. The minimum atomic E-state index is 0. The lowest BCUT2D eigenvalue weighted by Gasteiger charge is -2.08. The van der Waals surface area contributed by atoms with Crippen LogP contribution in [-0.2, 0) is 22.7 Å². The number of aryl methyl sites for hydroxylation is 1. The van der Waals surface area contributed by atoms with Gasteiger partial charge in [0.25, 0.3) is 0 Å². The summed E-state index contributed by atoms with van der Waals surface area (Å²) in [7, 11) is 0. The standard InChI is InChI=1S/C12H15NO.C10H12N2O.CH4/c1-9(2)14-8-11-5-10(3)6-12(7-11)13-4;1-8(2)13-7-10-3-9(4-11)5-12-6-10;/h5-7,9H,8H2,1-3H3;3,5-6,8H,7H2,1-2H3;1H4. The summed E-state index contributed by atoms with van der Waals surface area (Å²) in [4.78, 5) is 7.34. The molecule has 0 atom stereocenters. The van der Waals surface area contributed by atoms with Gasteiger partial charge in [0.15, 0.2) is 5.69 Å². The van der Waals surface area contributed by atoms with Gasteiger partial charge in [-0.2, -0.15) is 5.26 Å². The molecule has 0 aliphatic rings. The van der Waals surface area contributed by atoms with Crippen molar-refractivity contribution in [1.29, 1.82) is 5.26 Å². The summed E-state index contributed by atoms with van der Waals surface area (Å²) in [5.74, 6) is 0. The van der Waals surface area contributed by atoms with Gasteiger partial charge in [-0.15, -0.1) is 0 Å². The summed E-state index contributed by atoms with van der Waals surface area (Å²) < 4.78 is 10.9. The van der Waals surface area contributed by atoms with Crippen LogP contribution < -0.4 is 0 Å². The predicted octanol–water partition coefficient (Wildman–Crippen LogP) is 5.99. The molecule has 0 fully saturated rings. The van der Waals surface area contributed by atoms with Gasteiger partial charge in [-0.1, -0.05) is 31.2 Å². The van der Waals surface area contributed by atoms with Gasteiger partial charge in [0.1, 0.15) is 6.07 Å². The molecule has 2 aromatic rings. The van der Waals surface area contributed by atoms with E-state index in [-0.39, 0.29) is 19.6 Å². The number of nitrogens with zero attached hydrogens (tertiary/aromatic N) is 3. The summed E-state index contributed by atoms with van der Waals surface area (Å²) in [6, 6.07) is 9.63. The second-order valence-electron chi connectivity index (χ2n) is 6.70. The van der Waals surface area contributed by atoms with E-state index in [4.69, 9.17) is 21.3 Å². The quantitative estimate of drug-likeness (QED) is 0.577. The van der Waals surface area contributed by atoms with E-state index in [1.54, 1.807) is 18.5 Å². The van der Waals surface area contributed by atoms with Crippen molar-refractivity contribution in [3.63, 3.8) is 0 Å². The molecule has 0 radical (unpaired) electrons. The van der Waals surface area contributed by atoms with E-state index in [9.17, 15) is 0 Å². The monoisotopic (exact) mass is 381 g/mol. The molecule has 1 aromatic carbocycles. The molecule has 5 nitrogen and oxygen atoms in total. The third-order valence-electron chi connectivity index (χ3n) is 3.34. The number of pyridine rings is 1. The van der Waals surface area contributed by atoms with Gasteiger partial charge in [-0.3, -0.25) is 4.98 Å². The summed E-state index contributed by atoms with van der Waals surface area (Å²) >= 11 is 0. The first-order valence-corrected chi connectivity index (χ1v) is 8.89. The lowest BCUT2D eigenvalue weighted by molar-refractivity contribution is 0.0654. The first-order chi connectivity index (χ1) is 12.8. The van der Waals surface area contributed by atoms with Crippen molar-refractivity contribution < 1.29 is 9.47 Å². The summed E-state index contributed by atoms with van der Waals surface area (Å²) in [6.07, 6.45) is 3.68. The second kappa shape index (κ2) is 13.4. The Morgan fingerprint density at radius 3 is 2.14 bits per heavy atom. The smallest absolute Gasteiger partial charge is 0.187 e. The minimum absolute atomic E-state index is 0. The van der Waals surface area contributed by atoms with Crippen molar-refractivity contribution in [2.24, 2.45) is 0 Å². The summed E-state index contributed by atoms with van der Waals surface area (Å²) in [6.45, 7) is 18.0. The van der Waals surface area contributed by atoms with Gasteiger partial charge < -0.3 is 9.47 Å². The lowest BCUT2D eigenvalue weighted by Crippen LogP contribution is -2.02. The van der Waals surface area contributed by atoms with Crippen LogP contribution in [0, 0.1) is 24.8 Å². The van der Waals surface area contributed by atoms with Crippen LogP contribution in [-0.4, -0.2) is 17.2 Å². The topological polar surface area (TPSA) is 59.5 Å². The van der Waals surface area contributed by atoms with E-state index in [0.717, 1.165) is 16.7 Å². The third-order valence-corrected chi connectivity index (χ3v) is 3.34. The average molecular weight is 382 g/mol. The molecule has 1 aromatic heterocycles. The Labute approximate surface area is 169 Å². The molecular formula is C23H31N3O2. The van der Waals surface area contributed by atoms with Crippen molar-refractivity contribution in [3.05, 3.63) is 70.3 Å². The van der Waals surface area contributed by atoms with Gasteiger partial charge in [0.05, 0.1) is 37.6 Å². The van der Waals surface area contributed by atoms with Crippen LogP contribution in [0.3, 0.4) is 0 Å². The largest absolute Gasteiger partial charge is 0.374 e. The van der Waals surface area contributed by atoms with E-state index >= 15 is 0 Å². The average Bonchev–Trinajstić information content (AvgIpc) is 2.65. The Hall–Kier alpha value is -2.73. The van der Waals surface area contributed by atoms with Gasteiger partial charge in [0, 0.05) is 12.4 Å². The Morgan fingerprint density at radius 2 is 1.61 bits per heavy atom. The molecule has 150 valence electrons. The number of ether oxygens (including phenoxy) is 2. The van der Waals surface area contributed by atoms with Crippen LogP contribution in [0.2, 0.25) is 0 Å². The van der Waals surface area contributed by atoms with Crippen LogP contribution >= 0.6 is 0 Å². The highest BCUT2D eigenvalue weighted by Gasteiger charge is 2.00. The molecule has 0 amide bonds. The Kier molecular flexibility index (Phi) is 12.1. The van der Waals surface area contributed by atoms with Crippen LogP contribution in [0.4, 0.5) is 5.69 Å². The molecule has 0 spiro atoms. The first-order valence-electron chi connectivity index (χ1n) is 8.89. The maximum atomic E-state index is 8.61. The first kappa shape index (κ1) is 25.3. The van der Waals surface area contributed by atoms with Gasteiger partial charge in [-0.25, -0.2) is 4.85 Å². The molecule has 1 heterocycles. The number of rotatable bonds is 6. The van der Waals surface area contributed by atoms with Crippen LogP contribution in [0.25, 0.3) is 4.85 Å². The van der Waals surface area contributed by atoms with E-state index in [1.807, 2.05) is 52.8 Å². The molecule has 0 bridgehead atoms. The molecule has 2 rings (SSSR count). The van der Waals surface area contributed by atoms with Gasteiger partial charge in [0.2, 0.25) is 0 Å². The Balaban J connectivity index is 0.000000504. The van der Waals surface area contributed by atoms with E-state index in [1.165, 1.54) is 0 Å². The highest BCUT2D eigenvalue weighted by molar-refractivity contribution is 5.49. The number of hydrogen-bond acceptors (Lipinski definition) is 4. The van der Waals surface area contributed by atoms with Crippen LogP contribution in [0.15, 0.2) is 36.7 Å². The normalized spacial score (nSPS) is 9.75. The van der Waals surface area contributed by atoms with Crippen molar-refractivity contribution in [3.8, 4) is 6.07 Å². The maximum Gasteiger partial charge on any atom is 0.187 e. The maximum absolute atomic E-state index is 8.61. The fraction of sp³-hybridized carbons (Fsp3) is 0.435. The fourth-order valence-corrected chi connectivity index (χ4v) is 2.14. The van der Waals surface area contributed by atoms with Crippen molar-refractivity contribution >= 4 is 5.69 Å². The molecule has 0 saturated heterocycles.